The van der Waals surface area contributed by atoms with Gasteiger partial charge in [0.15, 0.2) is 0 Å². The fraction of sp³-hybridized carbons (Fsp3) is 0.250. The molecule has 23 heavy (non-hydrogen) atoms. The highest BCUT2D eigenvalue weighted by Gasteiger charge is 2.17. The highest BCUT2D eigenvalue weighted by Crippen LogP contribution is 2.26. The van der Waals surface area contributed by atoms with Crippen LogP contribution in [0.4, 0.5) is 0 Å². The highest BCUT2D eigenvalue weighted by molar-refractivity contribution is 7.17. The molecule has 1 N–H and O–H groups in total. The van der Waals surface area contributed by atoms with E-state index in [9.17, 15) is 4.79 Å². The first kappa shape index (κ1) is 15.8. The van der Waals surface area contributed by atoms with Gasteiger partial charge < -0.3 is 5.32 Å². The molecule has 0 saturated carbocycles. The molecule has 0 aliphatic rings. The van der Waals surface area contributed by atoms with Crippen molar-refractivity contribution in [3.63, 3.8) is 0 Å². The van der Waals surface area contributed by atoms with Gasteiger partial charge in [0.1, 0.15) is 0 Å². The lowest BCUT2D eigenvalue weighted by atomic mass is 9.95. The number of carbonyl (C=O) groups is 1. The van der Waals surface area contributed by atoms with Crippen LogP contribution in [0.1, 0.15) is 30.4 Å². The van der Waals surface area contributed by atoms with Gasteiger partial charge in [0.05, 0.1) is 5.92 Å². The summed E-state index contributed by atoms with van der Waals surface area (Å²) in [7, 11) is 0. The van der Waals surface area contributed by atoms with Gasteiger partial charge in [-0.25, -0.2) is 0 Å². The molecule has 3 aromatic rings. The second kappa shape index (κ2) is 7.42. The van der Waals surface area contributed by atoms with Gasteiger partial charge in [0.25, 0.3) is 0 Å². The van der Waals surface area contributed by atoms with E-state index >= 15 is 0 Å². The number of benzene rings is 2. The molecule has 0 aliphatic heterocycles. The van der Waals surface area contributed by atoms with Crippen LogP contribution in [0.15, 0.2) is 60.0 Å². The smallest absolute Gasteiger partial charge is 0.227 e. The maximum atomic E-state index is 12.5. The number of amides is 1. The van der Waals surface area contributed by atoms with E-state index in [1.807, 2.05) is 30.3 Å². The minimum Gasteiger partial charge on any atom is -0.355 e. The molecule has 1 aromatic heterocycles. The molecule has 0 bridgehead atoms. The van der Waals surface area contributed by atoms with Gasteiger partial charge in [-0.2, -0.15) is 0 Å². The van der Waals surface area contributed by atoms with E-state index in [1.165, 1.54) is 15.6 Å². The van der Waals surface area contributed by atoms with Crippen LogP contribution < -0.4 is 5.32 Å². The summed E-state index contributed by atoms with van der Waals surface area (Å²) in [6, 6.07) is 18.4. The predicted octanol–water partition coefficient (Wildman–Crippen LogP) is 4.75. The van der Waals surface area contributed by atoms with Crippen LogP contribution in [0.5, 0.6) is 0 Å². The SMILES string of the molecule is CCC(C(=O)NCCc1csc2ccccc12)c1ccccc1. The molecule has 1 amide bonds. The maximum absolute atomic E-state index is 12.5. The zero-order valence-electron chi connectivity index (χ0n) is 13.3. The van der Waals surface area contributed by atoms with E-state index in [0.717, 1.165) is 18.4 Å². The van der Waals surface area contributed by atoms with E-state index in [-0.39, 0.29) is 11.8 Å². The zero-order chi connectivity index (χ0) is 16.1. The fourth-order valence-corrected chi connectivity index (χ4v) is 3.93. The lowest BCUT2D eigenvalue weighted by molar-refractivity contribution is -0.122. The van der Waals surface area contributed by atoms with E-state index in [4.69, 9.17) is 0 Å². The normalized spacial score (nSPS) is 12.2. The molecule has 0 saturated heterocycles. The van der Waals surface area contributed by atoms with Crippen molar-refractivity contribution in [1.29, 1.82) is 0 Å². The molecule has 0 spiro atoms. The second-order valence-corrected chi connectivity index (χ2v) is 6.58. The molecule has 1 heterocycles. The average Bonchev–Trinajstić information content (AvgIpc) is 3.00. The monoisotopic (exact) mass is 323 g/mol. The molecular formula is C20H21NOS. The summed E-state index contributed by atoms with van der Waals surface area (Å²) >= 11 is 1.77. The fourth-order valence-electron chi connectivity index (χ4n) is 2.93. The third kappa shape index (κ3) is 3.62. The summed E-state index contributed by atoms with van der Waals surface area (Å²) in [5, 5.41) is 6.61. The number of thiophene rings is 1. The number of hydrogen-bond donors (Lipinski definition) is 1. The number of hydrogen-bond acceptors (Lipinski definition) is 2. The Morgan fingerprint density at radius 3 is 2.61 bits per heavy atom. The molecule has 3 rings (SSSR count). The lowest BCUT2D eigenvalue weighted by Crippen LogP contribution is -2.30. The first-order chi connectivity index (χ1) is 11.3. The Bertz CT molecular complexity index is 778. The third-order valence-electron chi connectivity index (χ3n) is 4.18. The van der Waals surface area contributed by atoms with Crippen LogP contribution in [-0.2, 0) is 11.2 Å². The van der Waals surface area contributed by atoms with E-state index in [2.05, 4.69) is 41.9 Å². The molecule has 118 valence electrons. The van der Waals surface area contributed by atoms with Crippen molar-refractivity contribution in [2.75, 3.05) is 6.54 Å². The first-order valence-electron chi connectivity index (χ1n) is 8.07. The van der Waals surface area contributed by atoms with Gasteiger partial charge in [-0.1, -0.05) is 55.5 Å². The van der Waals surface area contributed by atoms with E-state index in [0.29, 0.717) is 6.54 Å². The number of rotatable bonds is 6. The van der Waals surface area contributed by atoms with Crippen LogP contribution in [0, 0.1) is 0 Å². The number of nitrogens with one attached hydrogen (secondary N) is 1. The van der Waals surface area contributed by atoms with Crippen LogP contribution in [0.2, 0.25) is 0 Å². The van der Waals surface area contributed by atoms with Crippen molar-refractivity contribution < 1.29 is 4.79 Å². The Labute approximate surface area is 141 Å². The van der Waals surface area contributed by atoms with Crippen LogP contribution in [-0.4, -0.2) is 12.5 Å². The van der Waals surface area contributed by atoms with Crippen molar-refractivity contribution in [3.05, 3.63) is 71.1 Å². The van der Waals surface area contributed by atoms with Gasteiger partial charge in [-0.3, -0.25) is 4.79 Å². The molecule has 2 aromatic carbocycles. The Morgan fingerprint density at radius 2 is 1.83 bits per heavy atom. The van der Waals surface area contributed by atoms with Crippen molar-refractivity contribution in [2.45, 2.75) is 25.7 Å². The average molecular weight is 323 g/mol. The van der Waals surface area contributed by atoms with Crippen LogP contribution >= 0.6 is 11.3 Å². The Hall–Kier alpha value is -2.13. The lowest BCUT2D eigenvalue weighted by Gasteiger charge is -2.15. The molecule has 0 radical (unpaired) electrons. The van der Waals surface area contributed by atoms with Crippen LogP contribution in [0.25, 0.3) is 10.1 Å². The molecule has 1 atom stereocenters. The zero-order valence-corrected chi connectivity index (χ0v) is 14.1. The van der Waals surface area contributed by atoms with Crippen LogP contribution in [0.3, 0.4) is 0 Å². The molecule has 1 unspecified atom stereocenters. The topological polar surface area (TPSA) is 29.1 Å². The molecule has 2 nitrogen and oxygen atoms in total. The standard InChI is InChI=1S/C20H21NOS/c1-2-17(15-8-4-3-5-9-15)20(22)21-13-12-16-14-23-19-11-7-6-10-18(16)19/h3-11,14,17H,2,12-13H2,1H3,(H,21,22). The Morgan fingerprint density at radius 1 is 1.09 bits per heavy atom. The van der Waals surface area contributed by atoms with Gasteiger partial charge in [-0.05, 0) is 40.8 Å². The second-order valence-electron chi connectivity index (χ2n) is 5.67. The van der Waals surface area contributed by atoms with Crippen molar-refractivity contribution in [1.82, 2.24) is 5.32 Å². The van der Waals surface area contributed by atoms with Gasteiger partial charge in [0.2, 0.25) is 5.91 Å². The van der Waals surface area contributed by atoms with Gasteiger partial charge >= 0.3 is 0 Å². The molecular weight excluding hydrogens is 302 g/mol. The Balaban J connectivity index is 1.60. The van der Waals surface area contributed by atoms with E-state index < -0.39 is 0 Å². The summed E-state index contributed by atoms with van der Waals surface area (Å²) in [6.07, 6.45) is 1.69. The first-order valence-corrected chi connectivity index (χ1v) is 8.95. The summed E-state index contributed by atoms with van der Waals surface area (Å²) in [6.45, 7) is 2.74. The Kier molecular flexibility index (Phi) is 5.09. The van der Waals surface area contributed by atoms with E-state index in [1.54, 1.807) is 11.3 Å². The van der Waals surface area contributed by atoms with Gasteiger partial charge in [-0.15, -0.1) is 11.3 Å². The van der Waals surface area contributed by atoms with Crippen molar-refractivity contribution in [2.24, 2.45) is 0 Å². The van der Waals surface area contributed by atoms with Gasteiger partial charge in [0, 0.05) is 11.2 Å². The molecule has 0 fully saturated rings. The maximum Gasteiger partial charge on any atom is 0.227 e. The molecule has 3 heteroatoms. The highest BCUT2D eigenvalue weighted by atomic mass is 32.1. The predicted molar refractivity (Wildman–Crippen MR) is 98.0 cm³/mol. The quantitative estimate of drug-likeness (QED) is 0.696. The third-order valence-corrected chi connectivity index (χ3v) is 5.19. The summed E-state index contributed by atoms with van der Waals surface area (Å²) in [5.74, 6) is 0.0636. The minimum atomic E-state index is -0.0598. The number of fused-ring (bicyclic) bond motifs is 1. The number of carbonyl (C=O) groups excluding carboxylic acids is 1. The van der Waals surface area contributed by atoms with Crippen molar-refractivity contribution in [3.8, 4) is 0 Å². The van der Waals surface area contributed by atoms with Crippen molar-refractivity contribution >= 4 is 27.3 Å². The summed E-state index contributed by atoms with van der Waals surface area (Å²) < 4.78 is 1.31. The summed E-state index contributed by atoms with van der Waals surface area (Å²) in [5.41, 5.74) is 2.41. The summed E-state index contributed by atoms with van der Waals surface area (Å²) in [4.78, 5) is 12.5. The molecule has 0 aliphatic carbocycles. The largest absolute Gasteiger partial charge is 0.355 e. The minimum absolute atomic E-state index is 0.0598.